The largest absolute Gasteiger partial charge is 0.507 e. The molecular formula is C25H26Cl2N2O3. The smallest absolute Gasteiger partial charge is 0.259 e. The van der Waals surface area contributed by atoms with Gasteiger partial charge in [0.2, 0.25) is 0 Å². The minimum absolute atomic E-state index is 0.0881. The lowest BCUT2D eigenvalue weighted by Gasteiger charge is -2.12. The van der Waals surface area contributed by atoms with Gasteiger partial charge in [0.15, 0.2) is 0 Å². The third kappa shape index (κ3) is 6.81. The zero-order valence-electron chi connectivity index (χ0n) is 17.8. The Bertz CT molecular complexity index is 1060. The first kappa shape index (κ1) is 23.8. The maximum absolute atomic E-state index is 12.6. The molecule has 3 aromatic carbocycles. The molecule has 0 atom stereocenters. The van der Waals surface area contributed by atoms with Crippen LogP contribution < -0.4 is 15.4 Å². The number of halogens is 2. The van der Waals surface area contributed by atoms with Crippen molar-refractivity contribution < 1.29 is 14.6 Å². The second kappa shape index (κ2) is 11.7. The maximum Gasteiger partial charge on any atom is 0.259 e. The molecule has 0 aliphatic heterocycles. The summed E-state index contributed by atoms with van der Waals surface area (Å²) in [5, 5.41) is 17.3. The van der Waals surface area contributed by atoms with Crippen molar-refractivity contribution in [3.8, 4) is 17.2 Å². The Morgan fingerprint density at radius 3 is 2.38 bits per heavy atom. The van der Waals surface area contributed by atoms with Gasteiger partial charge in [0.05, 0.1) is 10.6 Å². The zero-order chi connectivity index (χ0) is 22.9. The summed E-state index contributed by atoms with van der Waals surface area (Å²) in [6, 6.07) is 16.8. The Balaban J connectivity index is 1.60. The van der Waals surface area contributed by atoms with E-state index in [9.17, 15) is 9.90 Å². The highest BCUT2D eigenvalue weighted by Gasteiger charge is 2.13. The van der Waals surface area contributed by atoms with Gasteiger partial charge in [-0.3, -0.25) is 4.79 Å². The zero-order valence-corrected chi connectivity index (χ0v) is 19.3. The van der Waals surface area contributed by atoms with Crippen molar-refractivity contribution in [3.63, 3.8) is 0 Å². The molecule has 1 amide bonds. The fraction of sp³-hybridized carbons (Fsp3) is 0.240. The van der Waals surface area contributed by atoms with Gasteiger partial charge in [-0.15, -0.1) is 0 Å². The number of nitrogens with one attached hydrogen (secondary N) is 2. The Kier molecular flexibility index (Phi) is 8.65. The number of benzene rings is 3. The van der Waals surface area contributed by atoms with E-state index >= 15 is 0 Å². The first-order valence-electron chi connectivity index (χ1n) is 10.6. The summed E-state index contributed by atoms with van der Waals surface area (Å²) in [6.45, 7) is 3.00. The van der Waals surface area contributed by atoms with Gasteiger partial charge in [0.25, 0.3) is 5.91 Å². The van der Waals surface area contributed by atoms with E-state index in [-0.39, 0.29) is 11.3 Å². The van der Waals surface area contributed by atoms with Gasteiger partial charge in [-0.2, -0.15) is 0 Å². The van der Waals surface area contributed by atoms with Gasteiger partial charge in [0.1, 0.15) is 17.2 Å². The van der Waals surface area contributed by atoms with Crippen molar-refractivity contribution in [2.45, 2.75) is 32.6 Å². The molecule has 0 fully saturated rings. The van der Waals surface area contributed by atoms with Gasteiger partial charge in [-0.1, -0.05) is 49.4 Å². The summed E-state index contributed by atoms with van der Waals surface area (Å²) in [7, 11) is 0. The highest BCUT2D eigenvalue weighted by Crippen LogP contribution is 2.32. The SMILES string of the molecule is CCCCCCNc1ccc(C(=O)Nc2ccc(Oc3ccc(Cl)cc3)c(Cl)c2)c(O)c1. The molecule has 3 aromatic rings. The fourth-order valence-corrected chi connectivity index (χ4v) is 3.45. The molecule has 168 valence electrons. The number of phenolic OH excluding ortho intramolecular Hbond substituents is 1. The molecular weight excluding hydrogens is 447 g/mol. The minimum Gasteiger partial charge on any atom is -0.507 e. The summed E-state index contributed by atoms with van der Waals surface area (Å²) in [5.41, 5.74) is 1.45. The molecule has 0 heterocycles. The third-order valence-corrected chi connectivity index (χ3v) is 5.38. The molecule has 0 aliphatic carbocycles. The maximum atomic E-state index is 12.6. The molecule has 0 radical (unpaired) electrons. The average Bonchev–Trinajstić information content (AvgIpc) is 2.77. The Morgan fingerprint density at radius 2 is 1.69 bits per heavy atom. The molecule has 5 nitrogen and oxygen atoms in total. The van der Waals surface area contributed by atoms with Crippen LogP contribution in [-0.2, 0) is 0 Å². The van der Waals surface area contributed by atoms with Crippen molar-refractivity contribution in [2.75, 3.05) is 17.2 Å². The molecule has 0 aliphatic rings. The summed E-state index contributed by atoms with van der Waals surface area (Å²) in [5.74, 6) is 0.524. The summed E-state index contributed by atoms with van der Waals surface area (Å²) >= 11 is 12.2. The number of amides is 1. The predicted molar refractivity (Wildman–Crippen MR) is 132 cm³/mol. The van der Waals surface area contributed by atoms with E-state index in [1.807, 2.05) is 0 Å². The summed E-state index contributed by atoms with van der Waals surface area (Å²) in [6.07, 6.45) is 4.63. The molecule has 0 aromatic heterocycles. The van der Waals surface area contributed by atoms with E-state index in [0.29, 0.717) is 27.2 Å². The van der Waals surface area contributed by atoms with Gasteiger partial charge < -0.3 is 20.5 Å². The molecule has 3 N–H and O–H groups in total. The van der Waals surface area contributed by atoms with Crippen LogP contribution >= 0.6 is 23.2 Å². The van der Waals surface area contributed by atoms with Crippen LogP contribution in [0.15, 0.2) is 60.7 Å². The quantitative estimate of drug-likeness (QED) is 0.264. The van der Waals surface area contributed by atoms with Crippen LogP contribution in [-0.4, -0.2) is 17.6 Å². The molecule has 0 spiro atoms. The number of hydrogen-bond donors (Lipinski definition) is 3. The Hall–Kier alpha value is -2.89. The van der Waals surface area contributed by atoms with E-state index in [2.05, 4.69) is 17.6 Å². The van der Waals surface area contributed by atoms with Crippen molar-refractivity contribution in [1.82, 2.24) is 0 Å². The average molecular weight is 473 g/mol. The molecule has 0 saturated carbocycles. The molecule has 0 bridgehead atoms. The number of anilines is 2. The molecule has 0 saturated heterocycles. The first-order chi connectivity index (χ1) is 15.5. The minimum atomic E-state index is -0.431. The van der Waals surface area contributed by atoms with Crippen LogP contribution in [0.4, 0.5) is 11.4 Å². The Labute approximate surface area is 198 Å². The number of unbranched alkanes of at least 4 members (excludes halogenated alkanes) is 3. The van der Waals surface area contributed by atoms with E-state index in [1.54, 1.807) is 60.7 Å². The van der Waals surface area contributed by atoms with Crippen LogP contribution in [0.3, 0.4) is 0 Å². The topological polar surface area (TPSA) is 70.6 Å². The van der Waals surface area contributed by atoms with E-state index in [1.165, 1.54) is 19.3 Å². The second-order valence-electron chi connectivity index (χ2n) is 7.37. The Morgan fingerprint density at radius 1 is 0.938 bits per heavy atom. The third-order valence-electron chi connectivity index (χ3n) is 4.83. The van der Waals surface area contributed by atoms with Gasteiger partial charge in [0, 0.05) is 29.0 Å². The van der Waals surface area contributed by atoms with Crippen LogP contribution in [0.1, 0.15) is 43.0 Å². The number of ether oxygens (including phenoxy) is 1. The number of phenols is 1. The number of carbonyl (C=O) groups excluding carboxylic acids is 1. The van der Waals surface area contributed by atoms with Gasteiger partial charge in [-0.05, 0) is 61.0 Å². The van der Waals surface area contributed by atoms with Crippen molar-refractivity contribution in [3.05, 3.63) is 76.3 Å². The van der Waals surface area contributed by atoms with Crippen LogP contribution in [0.2, 0.25) is 10.0 Å². The second-order valence-corrected chi connectivity index (χ2v) is 8.22. The summed E-state index contributed by atoms with van der Waals surface area (Å²) < 4.78 is 5.74. The van der Waals surface area contributed by atoms with Crippen LogP contribution in [0.5, 0.6) is 17.2 Å². The lowest BCUT2D eigenvalue weighted by Crippen LogP contribution is -2.12. The van der Waals surface area contributed by atoms with Crippen molar-refractivity contribution >= 4 is 40.5 Å². The number of hydrogen-bond acceptors (Lipinski definition) is 4. The number of aromatic hydroxyl groups is 1. The molecule has 32 heavy (non-hydrogen) atoms. The van der Waals surface area contributed by atoms with Crippen LogP contribution in [0, 0.1) is 0 Å². The lowest BCUT2D eigenvalue weighted by atomic mass is 10.1. The van der Waals surface area contributed by atoms with Gasteiger partial charge >= 0.3 is 0 Å². The molecule has 0 unspecified atom stereocenters. The van der Waals surface area contributed by atoms with Crippen molar-refractivity contribution in [1.29, 1.82) is 0 Å². The summed E-state index contributed by atoms with van der Waals surface area (Å²) in [4.78, 5) is 12.6. The standard InChI is InChI=1S/C25H26Cl2N2O3/c1-2-3-4-5-14-28-18-8-12-21(23(30)16-18)25(31)29-19-9-13-24(22(27)15-19)32-20-10-6-17(26)7-11-20/h6-13,15-16,28,30H,2-5,14H2,1H3,(H,29,31). The highest BCUT2D eigenvalue weighted by molar-refractivity contribution is 6.32. The normalized spacial score (nSPS) is 10.6. The molecule has 3 rings (SSSR count). The predicted octanol–water partition coefficient (Wildman–Crippen LogP) is 7.74. The van der Waals surface area contributed by atoms with E-state index in [0.717, 1.165) is 18.7 Å². The number of carbonyl (C=O) groups is 1. The van der Waals surface area contributed by atoms with Gasteiger partial charge in [-0.25, -0.2) is 0 Å². The fourth-order valence-electron chi connectivity index (χ4n) is 3.11. The first-order valence-corrected chi connectivity index (χ1v) is 11.3. The van der Waals surface area contributed by atoms with Crippen molar-refractivity contribution in [2.24, 2.45) is 0 Å². The monoisotopic (exact) mass is 472 g/mol. The van der Waals surface area contributed by atoms with E-state index in [4.69, 9.17) is 27.9 Å². The van der Waals surface area contributed by atoms with Crippen LogP contribution in [0.25, 0.3) is 0 Å². The highest BCUT2D eigenvalue weighted by atomic mass is 35.5. The molecule has 7 heteroatoms. The van der Waals surface area contributed by atoms with E-state index < -0.39 is 5.91 Å². The lowest BCUT2D eigenvalue weighted by molar-refractivity contribution is 0.102. The number of rotatable bonds is 10.